The van der Waals surface area contributed by atoms with E-state index < -0.39 is 0 Å². The average molecular weight is 277 g/mol. The van der Waals surface area contributed by atoms with Crippen LogP contribution in [0.3, 0.4) is 0 Å². The van der Waals surface area contributed by atoms with Crippen molar-refractivity contribution in [1.82, 2.24) is 4.90 Å². The Morgan fingerprint density at radius 1 is 1.20 bits per heavy atom. The molecule has 1 saturated heterocycles. The maximum absolute atomic E-state index is 13.2. The fraction of sp³-hybridized carbons (Fsp3) is 0.941. The molecule has 0 spiro atoms. The summed E-state index contributed by atoms with van der Waals surface area (Å²) in [5, 5.41) is 9.87. The first-order valence-electron chi connectivity index (χ1n) is 8.46. The van der Waals surface area contributed by atoms with Crippen LogP contribution in [0.5, 0.6) is 0 Å². The van der Waals surface area contributed by atoms with E-state index in [1.807, 2.05) is 4.90 Å². The molecule has 5 rings (SSSR count). The van der Waals surface area contributed by atoms with Gasteiger partial charge in [0.2, 0.25) is 5.91 Å². The molecule has 4 saturated carbocycles. The van der Waals surface area contributed by atoms with Gasteiger partial charge in [0.15, 0.2) is 0 Å². The zero-order valence-corrected chi connectivity index (χ0v) is 12.6. The Kier molecular flexibility index (Phi) is 2.77. The molecule has 0 aromatic rings. The molecule has 20 heavy (non-hydrogen) atoms. The summed E-state index contributed by atoms with van der Waals surface area (Å²) in [6.45, 7) is 3.86. The van der Waals surface area contributed by atoms with E-state index in [1.165, 1.54) is 19.3 Å². The van der Waals surface area contributed by atoms with Crippen LogP contribution in [0.1, 0.15) is 58.3 Å². The molecule has 0 aromatic carbocycles. The van der Waals surface area contributed by atoms with E-state index in [2.05, 4.69) is 6.92 Å². The minimum atomic E-state index is -0.294. The van der Waals surface area contributed by atoms with E-state index in [4.69, 9.17) is 0 Å². The van der Waals surface area contributed by atoms with Gasteiger partial charge < -0.3 is 10.0 Å². The molecule has 1 amide bonds. The van der Waals surface area contributed by atoms with Crippen LogP contribution in [0.2, 0.25) is 0 Å². The standard InChI is InChI=1S/C17H27NO2/c1-16-6-12-5-13(7-16)9-17(8-12,11-16)15(20)18-4-2-3-14(19)10-18/h12-14,19H,2-11H2,1H3. The van der Waals surface area contributed by atoms with Gasteiger partial charge in [-0.05, 0) is 68.6 Å². The van der Waals surface area contributed by atoms with Crippen molar-refractivity contribution >= 4 is 5.91 Å². The molecule has 3 unspecified atom stereocenters. The highest BCUT2D eigenvalue weighted by Gasteiger charge is 2.59. The van der Waals surface area contributed by atoms with Crippen LogP contribution in [0.25, 0.3) is 0 Å². The van der Waals surface area contributed by atoms with Crippen molar-refractivity contribution in [3.8, 4) is 0 Å². The highest BCUT2D eigenvalue weighted by molar-refractivity contribution is 5.83. The Labute approximate surface area is 121 Å². The van der Waals surface area contributed by atoms with Gasteiger partial charge in [-0.1, -0.05) is 6.92 Å². The number of nitrogens with zero attached hydrogens (tertiary/aromatic N) is 1. The number of carbonyl (C=O) groups excluding carboxylic acids is 1. The Morgan fingerprint density at radius 3 is 2.50 bits per heavy atom. The van der Waals surface area contributed by atoms with Crippen LogP contribution in [-0.2, 0) is 4.79 Å². The molecule has 1 heterocycles. The smallest absolute Gasteiger partial charge is 0.228 e. The number of rotatable bonds is 1. The quantitative estimate of drug-likeness (QED) is 0.800. The molecule has 3 nitrogen and oxygen atoms in total. The number of amides is 1. The van der Waals surface area contributed by atoms with Crippen LogP contribution in [-0.4, -0.2) is 35.1 Å². The third kappa shape index (κ3) is 1.93. The first-order valence-corrected chi connectivity index (χ1v) is 8.46. The molecule has 5 fully saturated rings. The van der Waals surface area contributed by atoms with Crippen LogP contribution < -0.4 is 0 Å². The van der Waals surface area contributed by atoms with Gasteiger partial charge in [-0.2, -0.15) is 0 Å². The summed E-state index contributed by atoms with van der Waals surface area (Å²) in [6, 6.07) is 0. The number of β-amino-alcohol motifs (C(OH)–C–C–N with tert-alkyl or cyclic N) is 1. The van der Waals surface area contributed by atoms with Gasteiger partial charge in [0.1, 0.15) is 0 Å². The van der Waals surface area contributed by atoms with Gasteiger partial charge in [0.05, 0.1) is 11.5 Å². The highest BCUT2D eigenvalue weighted by atomic mass is 16.3. The van der Waals surface area contributed by atoms with E-state index in [-0.39, 0.29) is 11.5 Å². The fourth-order valence-corrected chi connectivity index (χ4v) is 6.45. The number of aliphatic hydroxyl groups is 1. The molecule has 4 aliphatic carbocycles. The molecule has 1 N–H and O–H groups in total. The van der Waals surface area contributed by atoms with E-state index >= 15 is 0 Å². The molecular formula is C17H27NO2. The van der Waals surface area contributed by atoms with E-state index in [1.54, 1.807) is 0 Å². The first kappa shape index (κ1) is 13.1. The summed E-state index contributed by atoms with van der Waals surface area (Å²) in [6.07, 6.45) is 8.97. The molecule has 3 heteroatoms. The molecule has 0 aromatic heterocycles. The third-order valence-corrected chi connectivity index (χ3v) is 6.49. The van der Waals surface area contributed by atoms with Crippen molar-refractivity contribution in [2.45, 2.75) is 64.4 Å². The van der Waals surface area contributed by atoms with Crippen LogP contribution >= 0.6 is 0 Å². The number of piperidine rings is 1. The van der Waals surface area contributed by atoms with Crippen molar-refractivity contribution < 1.29 is 9.90 Å². The van der Waals surface area contributed by atoms with Gasteiger partial charge in [-0.3, -0.25) is 4.79 Å². The number of hydrogen-bond acceptors (Lipinski definition) is 2. The fourth-order valence-electron chi connectivity index (χ4n) is 6.45. The summed E-state index contributed by atoms with van der Waals surface area (Å²) in [5.74, 6) is 1.97. The van der Waals surface area contributed by atoms with Crippen molar-refractivity contribution in [2.75, 3.05) is 13.1 Å². The highest BCUT2D eigenvalue weighted by Crippen LogP contribution is 2.65. The van der Waals surface area contributed by atoms with Crippen LogP contribution in [0.15, 0.2) is 0 Å². The van der Waals surface area contributed by atoms with E-state index in [0.717, 1.165) is 50.5 Å². The monoisotopic (exact) mass is 277 g/mol. The van der Waals surface area contributed by atoms with Crippen molar-refractivity contribution in [1.29, 1.82) is 0 Å². The lowest BCUT2D eigenvalue weighted by Gasteiger charge is -2.61. The predicted molar refractivity (Wildman–Crippen MR) is 77.0 cm³/mol. The van der Waals surface area contributed by atoms with Gasteiger partial charge in [-0.25, -0.2) is 0 Å². The lowest BCUT2D eigenvalue weighted by molar-refractivity contribution is -0.168. The molecule has 112 valence electrons. The maximum Gasteiger partial charge on any atom is 0.228 e. The van der Waals surface area contributed by atoms with E-state index in [0.29, 0.717) is 17.9 Å². The number of likely N-dealkylation sites (tertiary alicyclic amines) is 1. The molecule has 3 atom stereocenters. The molecule has 4 bridgehead atoms. The molecule has 1 aliphatic heterocycles. The Hall–Kier alpha value is -0.570. The second kappa shape index (κ2) is 4.22. The van der Waals surface area contributed by atoms with Gasteiger partial charge in [0.25, 0.3) is 0 Å². The van der Waals surface area contributed by atoms with Gasteiger partial charge in [0, 0.05) is 13.1 Å². The summed E-state index contributed by atoms with van der Waals surface area (Å²) in [7, 11) is 0. The SMILES string of the molecule is CC12CC3CC(C1)CC(C(=O)N1CCCC(O)C1)(C3)C2. The third-order valence-electron chi connectivity index (χ3n) is 6.49. The average Bonchev–Trinajstić information content (AvgIpc) is 2.35. The van der Waals surface area contributed by atoms with Gasteiger partial charge >= 0.3 is 0 Å². The van der Waals surface area contributed by atoms with Crippen molar-refractivity contribution in [3.05, 3.63) is 0 Å². The molecular weight excluding hydrogens is 250 g/mol. The second-order valence-corrected chi connectivity index (χ2v) is 8.60. The Balaban J connectivity index is 1.59. The Bertz CT molecular complexity index is 419. The Morgan fingerprint density at radius 2 is 1.90 bits per heavy atom. The number of hydrogen-bond donors (Lipinski definition) is 1. The predicted octanol–water partition coefficient (Wildman–Crippen LogP) is 2.58. The zero-order valence-electron chi connectivity index (χ0n) is 12.6. The first-order chi connectivity index (χ1) is 9.48. The minimum Gasteiger partial charge on any atom is -0.391 e. The lowest BCUT2D eigenvalue weighted by Crippen LogP contribution is -2.58. The van der Waals surface area contributed by atoms with Crippen LogP contribution in [0.4, 0.5) is 0 Å². The summed E-state index contributed by atoms with van der Waals surface area (Å²) >= 11 is 0. The van der Waals surface area contributed by atoms with Gasteiger partial charge in [-0.15, -0.1) is 0 Å². The lowest BCUT2D eigenvalue weighted by atomic mass is 9.44. The maximum atomic E-state index is 13.2. The number of aliphatic hydroxyl groups excluding tert-OH is 1. The molecule has 5 aliphatic rings. The zero-order chi connectivity index (χ0) is 14.0. The van der Waals surface area contributed by atoms with E-state index in [9.17, 15) is 9.90 Å². The second-order valence-electron chi connectivity index (χ2n) is 8.60. The topological polar surface area (TPSA) is 40.5 Å². The number of carbonyl (C=O) groups is 1. The minimum absolute atomic E-state index is 0.0596. The van der Waals surface area contributed by atoms with Crippen molar-refractivity contribution in [2.24, 2.45) is 22.7 Å². The molecule has 0 radical (unpaired) electrons. The summed E-state index contributed by atoms with van der Waals surface area (Å²) < 4.78 is 0. The normalized spacial score (nSPS) is 50.5. The summed E-state index contributed by atoms with van der Waals surface area (Å²) in [5.41, 5.74) is 0.365. The summed E-state index contributed by atoms with van der Waals surface area (Å²) in [4.78, 5) is 15.1. The van der Waals surface area contributed by atoms with Crippen molar-refractivity contribution in [3.63, 3.8) is 0 Å². The van der Waals surface area contributed by atoms with Crippen LogP contribution in [0, 0.1) is 22.7 Å². The largest absolute Gasteiger partial charge is 0.391 e.